The quantitative estimate of drug-likeness (QED) is 0.177. The lowest BCUT2D eigenvalue weighted by Crippen LogP contribution is -2.16. The zero-order valence-electron chi connectivity index (χ0n) is 32.1. The molecule has 0 radical (unpaired) electrons. The first-order valence-electron chi connectivity index (χ1n) is 20.6. The first-order valence-corrected chi connectivity index (χ1v) is 20.6. The summed E-state index contributed by atoms with van der Waals surface area (Å²) in [6.45, 7) is 2.44. The van der Waals surface area contributed by atoms with Crippen molar-refractivity contribution in [3.05, 3.63) is 180 Å². The Bertz CT molecular complexity index is 3750. The smallest absolute Gasteiger partial charge is 0.237 e. The molecular weight excluding hydrogens is 721 g/mol. The van der Waals surface area contributed by atoms with Gasteiger partial charge in [0.15, 0.2) is 11.4 Å². The molecule has 5 nitrogen and oxygen atoms in total. The number of furan rings is 1. The molecular formula is C54H34N4O. The van der Waals surface area contributed by atoms with Gasteiger partial charge in [0.2, 0.25) is 5.95 Å². The fourth-order valence-electron chi connectivity index (χ4n) is 11.1. The Morgan fingerprint density at radius 2 is 1.19 bits per heavy atom. The third-order valence-corrected chi connectivity index (χ3v) is 13.6. The second-order valence-corrected chi connectivity index (χ2v) is 16.5. The van der Waals surface area contributed by atoms with Gasteiger partial charge in [-0.15, -0.1) is 0 Å². The largest absolute Gasteiger partial charge is 0.450 e. The van der Waals surface area contributed by atoms with Crippen LogP contribution in [0.15, 0.2) is 168 Å². The van der Waals surface area contributed by atoms with E-state index in [-0.39, 0.29) is 0 Å². The van der Waals surface area contributed by atoms with Gasteiger partial charge in [-0.05, 0) is 104 Å². The van der Waals surface area contributed by atoms with Gasteiger partial charge in [-0.25, -0.2) is 4.98 Å². The molecule has 12 aromatic rings. The Hall–Kier alpha value is -7.50. The predicted molar refractivity (Wildman–Crippen MR) is 241 cm³/mol. The molecule has 0 saturated carbocycles. The van der Waals surface area contributed by atoms with Crippen molar-refractivity contribution < 1.29 is 4.42 Å². The van der Waals surface area contributed by atoms with Crippen molar-refractivity contribution in [3.8, 4) is 34.0 Å². The molecule has 5 heteroatoms. The summed E-state index contributed by atoms with van der Waals surface area (Å²) < 4.78 is 11.3. The third-order valence-electron chi connectivity index (χ3n) is 13.6. The lowest BCUT2D eigenvalue weighted by molar-refractivity contribution is 0.579. The number of fused-ring (bicyclic) bond motifs is 18. The summed E-state index contributed by atoms with van der Waals surface area (Å²) in [5.74, 6) is 2.02. The molecule has 14 rings (SSSR count). The van der Waals surface area contributed by atoms with Crippen molar-refractivity contribution in [1.82, 2.24) is 19.1 Å². The molecule has 2 unspecified atom stereocenters. The monoisotopic (exact) mass is 754 g/mol. The highest BCUT2D eigenvalue weighted by Crippen LogP contribution is 2.57. The molecule has 276 valence electrons. The predicted octanol–water partition coefficient (Wildman–Crippen LogP) is 13.8. The van der Waals surface area contributed by atoms with E-state index in [0.717, 1.165) is 50.8 Å². The molecule has 2 aliphatic carbocycles. The van der Waals surface area contributed by atoms with Gasteiger partial charge in [0.05, 0.1) is 22.1 Å². The number of benzene rings is 8. The van der Waals surface area contributed by atoms with Crippen LogP contribution in [0.4, 0.5) is 0 Å². The van der Waals surface area contributed by atoms with Crippen LogP contribution < -0.4 is 0 Å². The van der Waals surface area contributed by atoms with Crippen molar-refractivity contribution in [3.63, 3.8) is 0 Å². The summed E-state index contributed by atoms with van der Waals surface area (Å²) in [6.07, 6.45) is 0.984. The van der Waals surface area contributed by atoms with Gasteiger partial charge < -0.3 is 4.42 Å². The molecule has 0 fully saturated rings. The van der Waals surface area contributed by atoms with E-state index in [1.807, 2.05) is 12.1 Å². The van der Waals surface area contributed by atoms with E-state index in [2.05, 4.69) is 168 Å². The van der Waals surface area contributed by atoms with Gasteiger partial charge in [-0.3, -0.25) is 9.13 Å². The van der Waals surface area contributed by atoms with Gasteiger partial charge in [-0.1, -0.05) is 134 Å². The molecule has 0 spiro atoms. The maximum absolute atomic E-state index is 6.75. The third kappa shape index (κ3) is 4.04. The fraction of sp³-hybridized carbons (Fsp3) is 0.0741. The van der Waals surface area contributed by atoms with Crippen molar-refractivity contribution >= 4 is 76.5 Å². The number of para-hydroxylation sites is 4. The molecule has 8 aromatic carbocycles. The highest BCUT2D eigenvalue weighted by molar-refractivity contribution is 6.20. The van der Waals surface area contributed by atoms with E-state index in [0.29, 0.717) is 23.4 Å². The van der Waals surface area contributed by atoms with Crippen LogP contribution in [0.3, 0.4) is 0 Å². The van der Waals surface area contributed by atoms with Gasteiger partial charge >= 0.3 is 0 Å². The van der Waals surface area contributed by atoms with Crippen LogP contribution in [0.1, 0.15) is 35.4 Å². The highest BCUT2D eigenvalue weighted by Gasteiger charge is 2.38. The normalized spacial score (nSPS) is 15.8. The number of rotatable bonds is 2. The second-order valence-electron chi connectivity index (χ2n) is 16.5. The number of hydrogen-bond donors (Lipinski definition) is 0. The lowest BCUT2D eigenvalue weighted by atomic mass is 9.71. The van der Waals surface area contributed by atoms with Crippen molar-refractivity contribution in [2.75, 3.05) is 0 Å². The molecule has 0 saturated heterocycles. The van der Waals surface area contributed by atoms with Crippen LogP contribution in [0.25, 0.3) is 110 Å². The molecule has 0 N–H and O–H groups in total. The molecule has 4 aromatic heterocycles. The zero-order valence-corrected chi connectivity index (χ0v) is 32.1. The van der Waals surface area contributed by atoms with Crippen LogP contribution in [0.5, 0.6) is 0 Å². The van der Waals surface area contributed by atoms with Gasteiger partial charge in [-0.2, -0.15) is 4.98 Å². The highest BCUT2D eigenvalue weighted by atomic mass is 16.3. The maximum Gasteiger partial charge on any atom is 0.237 e. The minimum Gasteiger partial charge on any atom is -0.450 e. The van der Waals surface area contributed by atoms with Crippen LogP contribution in [0.2, 0.25) is 0 Å². The number of hydrogen-bond acceptors (Lipinski definition) is 3. The summed E-state index contributed by atoms with van der Waals surface area (Å²) in [4.78, 5) is 11.2. The number of nitrogens with zero attached hydrogens (tertiary/aromatic N) is 4. The van der Waals surface area contributed by atoms with E-state index in [1.165, 1.54) is 71.3 Å². The summed E-state index contributed by atoms with van der Waals surface area (Å²) in [5.41, 5.74) is 16.2. The van der Waals surface area contributed by atoms with Crippen molar-refractivity contribution in [2.24, 2.45) is 0 Å². The van der Waals surface area contributed by atoms with E-state index in [4.69, 9.17) is 14.4 Å². The molecule has 59 heavy (non-hydrogen) atoms. The molecule has 2 aliphatic rings. The summed E-state index contributed by atoms with van der Waals surface area (Å²) in [6, 6.07) is 59.5. The van der Waals surface area contributed by atoms with Gasteiger partial charge in [0.25, 0.3) is 0 Å². The Labute approximate surface area is 338 Å². The Balaban J connectivity index is 1.18. The molecule has 0 aliphatic heterocycles. The fourth-order valence-corrected chi connectivity index (χ4v) is 11.1. The van der Waals surface area contributed by atoms with E-state index in [1.54, 1.807) is 0 Å². The van der Waals surface area contributed by atoms with Crippen molar-refractivity contribution in [1.29, 1.82) is 0 Å². The first kappa shape index (κ1) is 31.6. The molecule has 2 bridgehead atoms. The SMILES string of the molecule is CC1c2ccccc2-c2cc3c(c4c2CC1c1c-4ccc2ccccc12)c1ccccc1n3-c1nc(-n2c3ccccc3c3ccccc32)c2oc3ccccc3c2n1. The number of aromatic nitrogens is 4. The van der Waals surface area contributed by atoms with E-state index in [9.17, 15) is 0 Å². The van der Waals surface area contributed by atoms with Crippen LogP contribution in [-0.4, -0.2) is 19.1 Å². The average Bonchev–Trinajstić information content (AvgIpc) is 3.93. The van der Waals surface area contributed by atoms with E-state index < -0.39 is 0 Å². The van der Waals surface area contributed by atoms with Crippen LogP contribution in [-0.2, 0) is 6.42 Å². The Morgan fingerprint density at radius 3 is 1.98 bits per heavy atom. The van der Waals surface area contributed by atoms with Gasteiger partial charge in [0.1, 0.15) is 11.1 Å². The topological polar surface area (TPSA) is 48.8 Å². The zero-order chi connectivity index (χ0) is 38.5. The minimum atomic E-state index is 0.337. The first-order chi connectivity index (χ1) is 29.2. The molecule has 0 amide bonds. The second kappa shape index (κ2) is 11.3. The molecule has 2 atom stereocenters. The summed E-state index contributed by atoms with van der Waals surface area (Å²) in [7, 11) is 0. The van der Waals surface area contributed by atoms with Crippen LogP contribution in [0, 0.1) is 0 Å². The van der Waals surface area contributed by atoms with Crippen LogP contribution >= 0.6 is 0 Å². The Kier molecular flexibility index (Phi) is 6.06. The summed E-state index contributed by atoms with van der Waals surface area (Å²) >= 11 is 0. The van der Waals surface area contributed by atoms with Crippen molar-refractivity contribution in [2.45, 2.75) is 25.2 Å². The van der Waals surface area contributed by atoms with E-state index >= 15 is 0 Å². The lowest BCUT2D eigenvalue weighted by Gasteiger charge is -2.32. The minimum absolute atomic E-state index is 0.337. The summed E-state index contributed by atoms with van der Waals surface area (Å²) in [5, 5.41) is 8.40. The Morgan fingerprint density at radius 1 is 0.542 bits per heavy atom. The maximum atomic E-state index is 6.75. The molecule has 4 heterocycles. The average molecular weight is 755 g/mol. The van der Waals surface area contributed by atoms with Gasteiger partial charge in [0, 0.05) is 26.9 Å². The standard InChI is InChI=1S/C54H34N4O/c1-30-32-15-4-5-17-34(32)41-29-46-50(49-39-27-26-31-14-2-3-16-33(31)48(39)40(30)28-42(41)49)37-20-8-12-24-45(37)58(46)54-55-51-38-21-9-13-25-47(38)59-52(51)53(56-54)57-43-22-10-6-18-35(43)36-19-7-11-23-44(36)57/h2-27,29-30,40H,28H2,1H3.